The van der Waals surface area contributed by atoms with E-state index in [1.807, 2.05) is 6.92 Å². The highest BCUT2D eigenvalue weighted by molar-refractivity contribution is 5.77. The largest absolute Gasteiger partial charge is 0.508 e. The molecule has 4 nitrogen and oxygen atoms in total. The molecule has 5 heteroatoms. The minimum absolute atomic E-state index is 0.116. The van der Waals surface area contributed by atoms with Gasteiger partial charge in [-0.1, -0.05) is 37.3 Å². The van der Waals surface area contributed by atoms with Crippen LogP contribution in [0.2, 0.25) is 0 Å². The molecule has 0 aliphatic rings. The normalized spacial score (nSPS) is 13.3. The average molecular weight is 317 g/mol. The zero-order chi connectivity index (χ0) is 16.8. The van der Waals surface area contributed by atoms with Crippen molar-refractivity contribution in [1.82, 2.24) is 5.32 Å². The van der Waals surface area contributed by atoms with Crippen LogP contribution in [0.3, 0.4) is 0 Å². The molecule has 2 atom stereocenters. The molecule has 0 radical (unpaired) electrons. The van der Waals surface area contributed by atoms with Crippen molar-refractivity contribution in [2.24, 2.45) is 0 Å². The lowest BCUT2D eigenvalue weighted by Crippen LogP contribution is -2.29. The number of carbonyl (C=O) groups is 1. The van der Waals surface area contributed by atoms with E-state index in [0.717, 1.165) is 0 Å². The molecular weight excluding hydrogens is 297 g/mol. The first-order valence-electron chi connectivity index (χ1n) is 7.52. The van der Waals surface area contributed by atoms with E-state index in [2.05, 4.69) is 5.32 Å². The summed E-state index contributed by atoms with van der Waals surface area (Å²) < 4.78 is 13.2. The molecule has 2 aromatic carbocycles. The number of phenolic OH excluding ortho intramolecular Hbond substituents is 1. The van der Waals surface area contributed by atoms with Crippen LogP contribution in [-0.4, -0.2) is 16.1 Å². The number of halogens is 1. The second-order valence-electron chi connectivity index (χ2n) is 5.36. The standard InChI is InChI=1S/C18H20FNO3/c1-2-15(14-8-3-4-9-16(14)21)20-18(23)11-17(22)12-6-5-7-13(19)10-12/h3-10,15,17,21-22H,2,11H2,1H3,(H,20,23). The van der Waals surface area contributed by atoms with Crippen LogP contribution < -0.4 is 5.32 Å². The molecule has 0 fully saturated rings. The number of phenols is 1. The zero-order valence-corrected chi connectivity index (χ0v) is 12.9. The number of nitrogens with one attached hydrogen (secondary N) is 1. The Balaban J connectivity index is 2.02. The van der Waals surface area contributed by atoms with E-state index >= 15 is 0 Å². The number of rotatable bonds is 6. The molecule has 0 aliphatic heterocycles. The number of aliphatic hydroxyl groups excluding tert-OH is 1. The molecule has 0 saturated heterocycles. The molecule has 3 N–H and O–H groups in total. The molecule has 0 saturated carbocycles. The number of aliphatic hydroxyl groups is 1. The second-order valence-corrected chi connectivity index (χ2v) is 5.36. The minimum atomic E-state index is -1.08. The van der Waals surface area contributed by atoms with Gasteiger partial charge in [-0.3, -0.25) is 4.79 Å². The van der Waals surface area contributed by atoms with Crippen molar-refractivity contribution in [2.45, 2.75) is 31.9 Å². The molecule has 2 unspecified atom stereocenters. The first-order valence-corrected chi connectivity index (χ1v) is 7.52. The number of benzene rings is 2. The third-order valence-electron chi connectivity index (χ3n) is 3.67. The molecule has 0 spiro atoms. The van der Waals surface area contributed by atoms with Crippen molar-refractivity contribution in [3.63, 3.8) is 0 Å². The summed E-state index contributed by atoms with van der Waals surface area (Å²) in [5, 5.41) is 22.7. The highest BCUT2D eigenvalue weighted by Crippen LogP contribution is 2.26. The van der Waals surface area contributed by atoms with Crippen LogP contribution in [0.1, 0.15) is 43.0 Å². The average Bonchev–Trinajstić information content (AvgIpc) is 2.53. The van der Waals surface area contributed by atoms with Gasteiger partial charge in [0.25, 0.3) is 0 Å². The quantitative estimate of drug-likeness (QED) is 0.766. The summed E-state index contributed by atoms with van der Waals surface area (Å²) in [6.07, 6.45) is -0.653. The third kappa shape index (κ3) is 4.53. The first-order chi connectivity index (χ1) is 11.0. The number of hydrogen-bond donors (Lipinski definition) is 3. The van der Waals surface area contributed by atoms with Gasteiger partial charge in [-0.25, -0.2) is 4.39 Å². The predicted octanol–water partition coefficient (Wildman–Crippen LogP) is 3.22. The predicted molar refractivity (Wildman–Crippen MR) is 85.3 cm³/mol. The Morgan fingerprint density at radius 2 is 1.96 bits per heavy atom. The van der Waals surface area contributed by atoms with Gasteiger partial charge in [0.2, 0.25) is 5.91 Å². The summed E-state index contributed by atoms with van der Waals surface area (Å²) in [6.45, 7) is 1.89. The number of amides is 1. The topological polar surface area (TPSA) is 69.6 Å². The fourth-order valence-electron chi connectivity index (χ4n) is 2.44. The van der Waals surface area contributed by atoms with Crippen LogP contribution in [0.5, 0.6) is 5.75 Å². The molecule has 122 valence electrons. The molecule has 0 bridgehead atoms. The molecule has 0 aromatic heterocycles. The van der Waals surface area contributed by atoms with Crippen LogP contribution in [0.4, 0.5) is 4.39 Å². The summed E-state index contributed by atoms with van der Waals surface area (Å²) >= 11 is 0. The van der Waals surface area contributed by atoms with Crippen LogP contribution in [0, 0.1) is 5.82 Å². The summed E-state index contributed by atoms with van der Waals surface area (Å²) in [6, 6.07) is 12.0. The first kappa shape index (κ1) is 17.0. The van der Waals surface area contributed by atoms with Crippen LogP contribution in [0.15, 0.2) is 48.5 Å². The molecular formula is C18H20FNO3. The van der Waals surface area contributed by atoms with E-state index < -0.39 is 11.9 Å². The van der Waals surface area contributed by atoms with E-state index in [0.29, 0.717) is 17.5 Å². The Morgan fingerprint density at radius 1 is 1.22 bits per heavy atom. The minimum Gasteiger partial charge on any atom is -0.508 e. The molecule has 2 rings (SSSR count). The lowest BCUT2D eigenvalue weighted by molar-refractivity contribution is -0.123. The zero-order valence-electron chi connectivity index (χ0n) is 12.9. The summed E-state index contributed by atoms with van der Waals surface area (Å²) in [7, 11) is 0. The fraction of sp³-hybridized carbons (Fsp3) is 0.278. The summed E-state index contributed by atoms with van der Waals surface area (Å²) in [5.41, 5.74) is 0.986. The van der Waals surface area contributed by atoms with Gasteiger partial charge in [0.05, 0.1) is 18.6 Å². The Bertz CT molecular complexity index is 675. The third-order valence-corrected chi connectivity index (χ3v) is 3.67. The van der Waals surface area contributed by atoms with Crippen molar-refractivity contribution < 1.29 is 19.4 Å². The van der Waals surface area contributed by atoms with Gasteiger partial charge in [0.15, 0.2) is 0 Å². The van der Waals surface area contributed by atoms with E-state index in [1.165, 1.54) is 18.2 Å². The summed E-state index contributed by atoms with van der Waals surface area (Å²) in [4.78, 5) is 12.1. The Labute approximate surface area is 134 Å². The SMILES string of the molecule is CCC(NC(=O)CC(O)c1cccc(F)c1)c1ccccc1O. The van der Waals surface area contributed by atoms with Gasteiger partial charge >= 0.3 is 0 Å². The highest BCUT2D eigenvalue weighted by Gasteiger charge is 2.19. The van der Waals surface area contributed by atoms with Crippen molar-refractivity contribution >= 4 is 5.91 Å². The number of hydrogen-bond acceptors (Lipinski definition) is 3. The monoisotopic (exact) mass is 317 g/mol. The fourth-order valence-corrected chi connectivity index (χ4v) is 2.44. The molecule has 2 aromatic rings. The van der Waals surface area contributed by atoms with E-state index in [1.54, 1.807) is 30.3 Å². The van der Waals surface area contributed by atoms with Crippen LogP contribution in [0.25, 0.3) is 0 Å². The molecule has 0 aliphatic carbocycles. The lowest BCUT2D eigenvalue weighted by atomic mass is 10.0. The maximum absolute atomic E-state index is 13.2. The summed E-state index contributed by atoms with van der Waals surface area (Å²) in [5.74, 6) is -0.704. The number of carbonyl (C=O) groups excluding carboxylic acids is 1. The van der Waals surface area contributed by atoms with Crippen molar-refractivity contribution in [1.29, 1.82) is 0 Å². The van der Waals surface area contributed by atoms with Gasteiger partial charge < -0.3 is 15.5 Å². The molecule has 23 heavy (non-hydrogen) atoms. The highest BCUT2D eigenvalue weighted by atomic mass is 19.1. The van der Waals surface area contributed by atoms with Gasteiger partial charge in [-0.15, -0.1) is 0 Å². The van der Waals surface area contributed by atoms with E-state index in [9.17, 15) is 19.4 Å². The molecule has 0 heterocycles. The maximum Gasteiger partial charge on any atom is 0.223 e. The van der Waals surface area contributed by atoms with Crippen molar-refractivity contribution in [3.8, 4) is 5.75 Å². The maximum atomic E-state index is 13.2. The van der Waals surface area contributed by atoms with Crippen LogP contribution >= 0.6 is 0 Å². The van der Waals surface area contributed by atoms with E-state index in [4.69, 9.17) is 0 Å². The number of aromatic hydroxyl groups is 1. The Morgan fingerprint density at radius 3 is 2.61 bits per heavy atom. The van der Waals surface area contributed by atoms with Gasteiger partial charge in [0, 0.05) is 5.56 Å². The number of para-hydroxylation sites is 1. The van der Waals surface area contributed by atoms with Gasteiger partial charge in [0.1, 0.15) is 11.6 Å². The molecule has 1 amide bonds. The Kier molecular flexibility index (Phi) is 5.71. The smallest absolute Gasteiger partial charge is 0.223 e. The van der Waals surface area contributed by atoms with Crippen molar-refractivity contribution in [3.05, 3.63) is 65.5 Å². The van der Waals surface area contributed by atoms with Gasteiger partial charge in [-0.05, 0) is 30.2 Å². The van der Waals surface area contributed by atoms with Crippen LogP contribution in [-0.2, 0) is 4.79 Å². The lowest BCUT2D eigenvalue weighted by Gasteiger charge is -2.19. The Hall–Kier alpha value is -2.40. The van der Waals surface area contributed by atoms with Gasteiger partial charge in [-0.2, -0.15) is 0 Å². The second kappa shape index (κ2) is 7.74. The van der Waals surface area contributed by atoms with E-state index in [-0.39, 0.29) is 24.1 Å². The van der Waals surface area contributed by atoms with Crippen molar-refractivity contribution in [2.75, 3.05) is 0 Å².